The standard InChI is InChI=1S/C19H21N5O2/c1-3-26-12-8-9-16-14(10-12)11(2)20-18(22-16)24-19-21-15-7-5-4-6-13(15)17(25)23-19/h8-10H,3-7H2,1-2H3,(H2,20,21,22,23,24,25). The van der Waals surface area contributed by atoms with Gasteiger partial charge in [-0.25, -0.2) is 15.0 Å². The summed E-state index contributed by atoms with van der Waals surface area (Å²) in [5.41, 5.74) is 3.25. The molecule has 0 unspecified atom stereocenters. The van der Waals surface area contributed by atoms with Crippen LogP contribution in [0.3, 0.4) is 0 Å². The van der Waals surface area contributed by atoms with Crippen LogP contribution in [0, 0.1) is 6.92 Å². The van der Waals surface area contributed by atoms with E-state index in [0.29, 0.717) is 18.5 Å². The minimum absolute atomic E-state index is 0.0731. The summed E-state index contributed by atoms with van der Waals surface area (Å²) in [5, 5.41) is 3.99. The molecule has 1 aliphatic carbocycles. The number of anilines is 2. The smallest absolute Gasteiger partial charge is 0.255 e. The SMILES string of the molecule is CCOc1ccc2nc(Nc3nc4c(c(=O)[nH]3)CCCC4)nc(C)c2c1. The Labute approximate surface area is 150 Å². The molecule has 7 heteroatoms. The van der Waals surface area contributed by atoms with Crippen LogP contribution in [0.1, 0.15) is 36.7 Å². The van der Waals surface area contributed by atoms with Crippen LogP contribution in [0.5, 0.6) is 5.75 Å². The van der Waals surface area contributed by atoms with E-state index in [2.05, 4.69) is 25.3 Å². The summed E-state index contributed by atoms with van der Waals surface area (Å²) < 4.78 is 5.54. The molecule has 2 N–H and O–H groups in total. The average Bonchev–Trinajstić information content (AvgIpc) is 2.63. The number of hydrogen-bond donors (Lipinski definition) is 2. The predicted molar refractivity (Wildman–Crippen MR) is 100 cm³/mol. The topological polar surface area (TPSA) is 92.8 Å². The zero-order chi connectivity index (χ0) is 18.1. The molecule has 0 saturated carbocycles. The maximum absolute atomic E-state index is 12.3. The van der Waals surface area contributed by atoms with Crippen molar-refractivity contribution in [2.75, 3.05) is 11.9 Å². The van der Waals surface area contributed by atoms with E-state index in [1.54, 1.807) is 0 Å². The van der Waals surface area contributed by atoms with Gasteiger partial charge in [-0.05, 0) is 57.7 Å². The predicted octanol–water partition coefficient (Wildman–Crippen LogP) is 3.04. The minimum Gasteiger partial charge on any atom is -0.494 e. The molecule has 1 aliphatic rings. The lowest BCUT2D eigenvalue weighted by atomic mass is 9.97. The summed E-state index contributed by atoms with van der Waals surface area (Å²) in [6.07, 6.45) is 3.75. The molecular formula is C19H21N5O2. The maximum Gasteiger partial charge on any atom is 0.255 e. The maximum atomic E-state index is 12.3. The fourth-order valence-corrected chi connectivity index (χ4v) is 3.34. The highest BCUT2D eigenvalue weighted by Crippen LogP contribution is 2.24. The Bertz CT molecular complexity index is 1030. The molecule has 26 heavy (non-hydrogen) atoms. The van der Waals surface area contributed by atoms with Crippen LogP contribution in [0.25, 0.3) is 10.9 Å². The second-order valence-electron chi connectivity index (χ2n) is 6.42. The van der Waals surface area contributed by atoms with Gasteiger partial charge in [-0.1, -0.05) is 0 Å². The van der Waals surface area contributed by atoms with E-state index in [0.717, 1.165) is 59.3 Å². The third kappa shape index (κ3) is 3.12. The Morgan fingerprint density at radius 3 is 2.88 bits per heavy atom. The summed E-state index contributed by atoms with van der Waals surface area (Å²) in [4.78, 5) is 28.6. The summed E-state index contributed by atoms with van der Waals surface area (Å²) in [7, 11) is 0. The molecule has 0 aliphatic heterocycles. The Hall–Kier alpha value is -2.96. The van der Waals surface area contributed by atoms with Gasteiger partial charge in [0.1, 0.15) is 5.75 Å². The Balaban J connectivity index is 1.68. The Morgan fingerprint density at radius 2 is 2.04 bits per heavy atom. The van der Waals surface area contributed by atoms with E-state index >= 15 is 0 Å². The zero-order valence-corrected chi connectivity index (χ0v) is 14.9. The number of benzene rings is 1. The molecular weight excluding hydrogens is 330 g/mol. The largest absolute Gasteiger partial charge is 0.494 e. The third-order valence-electron chi connectivity index (χ3n) is 4.59. The second-order valence-corrected chi connectivity index (χ2v) is 6.42. The normalized spacial score (nSPS) is 13.5. The zero-order valence-electron chi connectivity index (χ0n) is 14.9. The molecule has 0 spiro atoms. The fourth-order valence-electron chi connectivity index (χ4n) is 3.34. The number of H-pyrrole nitrogens is 1. The minimum atomic E-state index is -0.0731. The molecule has 1 aromatic carbocycles. The molecule has 0 saturated heterocycles. The Morgan fingerprint density at radius 1 is 1.19 bits per heavy atom. The van der Waals surface area contributed by atoms with E-state index in [1.165, 1.54) is 0 Å². The van der Waals surface area contributed by atoms with Gasteiger partial charge in [-0.3, -0.25) is 15.1 Å². The first-order chi connectivity index (χ1) is 12.6. The number of aromatic nitrogens is 4. The lowest BCUT2D eigenvalue weighted by Crippen LogP contribution is -2.22. The molecule has 0 fully saturated rings. The van der Waals surface area contributed by atoms with Crippen LogP contribution in [0.2, 0.25) is 0 Å². The highest BCUT2D eigenvalue weighted by atomic mass is 16.5. The summed E-state index contributed by atoms with van der Waals surface area (Å²) in [6, 6.07) is 5.74. The summed E-state index contributed by atoms with van der Waals surface area (Å²) in [6.45, 7) is 4.49. The van der Waals surface area contributed by atoms with Crippen molar-refractivity contribution in [1.82, 2.24) is 19.9 Å². The highest BCUT2D eigenvalue weighted by Gasteiger charge is 2.16. The van der Waals surface area contributed by atoms with Gasteiger partial charge in [0.15, 0.2) is 0 Å². The van der Waals surface area contributed by atoms with Crippen molar-refractivity contribution in [2.24, 2.45) is 0 Å². The van der Waals surface area contributed by atoms with E-state index in [-0.39, 0.29) is 5.56 Å². The van der Waals surface area contributed by atoms with Gasteiger partial charge in [0.25, 0.3) is 5.56 Å². The molecule has 3 aromatic rings. The highest BCUT2D eigenvalue weighted by molar-refractivity contribution is 5.83. The number of nitrogens with zero attached hydrogens (tertiary/aromatic N) is 3. The van der Waals surface area contributed by atoms with Crippen LogP contribution in [-0.4, -0.2) is 26.5 Å². The molecule has 7 nitrogen and oxygen atoms in total. The van der Waals surface area contributed by atoms with E-state index < -0.39 is 0 Å². The van der Waals surface area contributed by atoms with Crippen molar-refractivity contribution in [2.45, 2.75) is 39.5 Å². The molecule has 0 bridgehead atoms. The van der Waals surface area contributed by atoms with Gasteiger partial charge in [0, 0.05) is 10.9 Å². The van der Waals surface area contributed by atoms with Crippen molar-refractivity contribution in [1.29, 1.82) is 0 Å². The van der Waals surface area contributed by atoms with Gasteiger partial charge in [0.05, 0.1) is 23.5 Å². The number of ether oxygens (including phenoxy) is 1. The second kappa shape index (κ2) is 6.74. The first-order valence-electron chi connectivity index (χ1n) is 8.94. The quantitative estimate of drug-likeness (QED) is 0.750. The van der Waals surface area contributed by atoms with Crippen molar-refractivity contribution < 1.29 is 4.74 Å². The fraction of sp³-hybridized carbons (Fsp3) is 0.368. The van der Waals surface area contributed by atoms with Gasteiger partial charge in [-0.2, -0.15) is 0 Å². The molecule has 4 rings (SSSR count). The molecule has 134 valence electrons. The van der Waals surface area contributed by atoms with Crippen LogP contribution in [-0.2, 0) is 12.8 Å². The van der Waals surface area contributed by atoms with Gasteiger partial charge in [0.2, 0.25) is 11.9 Å². The molecule has 0 amide bonds. The van der Waals surface area contributed by atoms with E-state index in [4.69, 9.17) is 4.74 Å². The van der Waals surface area contributed by atoms with Crippen molar-refractivity contribution in [3.8, 4) is 5.75 Å². The number of rotatable bonds is 4. The third-order valence-corrected chi connectivity index (χ3v) is 4.59. The van der Waals surface area contributed by atoms with Crippen LogP contribution >= 0.6 is 0 Å². The van der Waals surface area contributed by atoms with Crippen LogP contribution < -0.4 is 15.6 Å². The summed E-state index contributed by atoms with van der Waals surface area (Å²) >= 11 is 0. The summed E-state index contributed by atoms with van der Waals surface area (Å²) in [5.74, 6) is 1.60. The first-order valence-corrected chi connectivity index (χ1v) is 8.94. The lowest BCUT2D eigenvalue weighted by molar-refractivity contribution is 0.340. The van der Waals surface area contributed by atoms with Crippen LogP contribution in [0.4, 0.5) is 11.9 Å². The number of hydrogen-bond acceptors (Lipinski definition) is 6. The molecule has 0 radical (unpaired) electrons. The molecule has 2 heterocycles. The number of nitrogens with one attached hydrogen (secondary N) is 2. The number of fused-ring (bicyclic) bond motifs is 2. The number of aromatic amines is 1. The van der Waals surface area contributed by atoms with Crippen LogP contribution in [0.15, 0.2) is 23.0 Å². The Kier molecular flexibility index (Phi) is 4.28. The van der Waals surface area contributed by atoms with Crippen molar-refractivity contribution in [3.63, 3.8) is 0 Å². The average molecular weight is 351 g/mol. The van der Waals surface area contributed by atoms with E-state index in [1.807, 2.05) is 32.0 Å². The van der Waals surface area contributed by atoms with Gasteiger partial charge in [-0.15, -0.1) is 0 Å². The lowest BCUT2D eigenvalue weighted by Gasteiger charge is -2.15. The number of aryl methyl sites for hydroxylation is 2. The molecule has 2 aromatic heterocycles. The van der Waals surface area contributed by atoms with E-state index in [9.17, 15) is 4.79 Å². The first kappa shape index (κ1) is 16.5. The van der Waals surface area contributed by atoms with Gasteiger partial charge < -0.3 is 4.74 Å². The van der Waals surface area contributed by atoms with Crippen molar-refractivity contribution >= 4 is 22.8 Å². The molecule has 0 atom stereocenters. The van der Waals surface area contributed by atoms with Crippen molar-refractivity contribution in [3.05, 3.63) is 45.5 Å². The monoisotopic (exact) mass is 351 g/mol. The van der Waals surface area contributed by atoms with Gasteiger partial charge >= 0.3 is 0 Å².